The highest BCUT2D eigenvalue weighted by Gasteiger charge is 2.50. The van der Waals surface area contributed by atoms with E-state index in [9.17, 15) is 9.59 Å². The Balaban J connectivity index is 1.97. The monoisotopic (exact) mass is 232 g/mol. The molecule has 0 aromatic heterocycles. The first-order valence-electron chi connectivity index (χ1n) is 5.77. The summed E-state index contributed by atoms with van der Waals surface area (Å²) < 4.78 is 0. The Bertz CT molecular complexity index is 424. The molecule has 4 nitrogen and oxygen atoms in total. The molecule has 1 fully saturated rings. The van der Waals surface area contributed by atoms with Crippen molar-refractivity contribution in [2.24, 2.45) is 5.73 Å². The molecule has 90 valence electrons. The van der Waals surface area contributed by atoms with E-state index in [-0.39, 0.29) is 17.7 Å². The maximum absolute atomic E-state index is 12.0. The van der Waals surface area contributed by atoms with E-state index in [1.807, 2.05) is 30.3 Å². The van der Waals surface area contributed by atoms with E-state index in [0.717, 1.165) is 18.4 Å². The number of carbonyl (C=O) groups excluding carboxylic acids is 2. The van der Waals surface area contributed by atoms with Gasteiger partial charge in [0.05, 0.1) is 5.41 Å². The smallest absolute Gasteiger partial charge is 0.230 e. The largest absolute Gasteiger partial charge is 0.370 e. The van der Waals surface area contributed by atoms with Gasteiger partial charge in [-0.1, -0.05) is 30.3 Å². The van der Waals surface area contributed by atoms with Crippen LogP contribution in [0.15, 0.2) is 30.3 Å². The molecular formula is C13H16N2O2. The molecule has 0 unspecified atom stereocenters. The SMILES string of the molecule is NC(=O)CCNC(=O)C1(c2ccccc2)CC1. The Labute approximate surface area is 100 Å². The molecule has 2 amide bonds. The summed E-state index contributed by atoms with van der Waals surface area (Å²) in [5.74, 6) is -0.389. The Morgan fingerprint density at radius 3 is 2.41 bits per heavy atom. The van der Waals surface area contributed by atoms with E-state index in [4.69, 9.17) is 5.73 Å². The highest BCUT2D eigenvalue weighted by molar-refractivity contribution is 5.91. The normalized spacial score (nSPS) is 16.2. The van der Waals surface area contributed by atoms with Gasteiger partial charge in [0, 0.05) is 13.0 Å². The van der Waals surface area contributed by atoms with Crippen molar-refractivity contribution in [3.63, 3.8) is 0 Å². The molecule has 0 aliphatic heterocycles. The van der Waals surface area contributed by atoms with Crippen LogP contribution in [0.2, 0.25) is 0 Å². The molecule has 0 heterocycles. The van der Waals surface area contributed by atoms with Crippen molar-refractivity contribution in [3.8, 4) is 0 Å². The van der Waals surface area contributed by atoms with Gasteiger partial charge in [-0.25, -0.2) is 0 Å². The standard InChI is InChI=1S/C13H16N2O2/c14-11(16)6-9-15-12(17)13(7-8-13)10-4-2-1-3-5-10/h1-5H,6-9H2,(H2,14,16)(H,15,17). The van der Waals surface area contributed by atoms with Crippen molar-refractivity contribution in [1.29, 1.82) is 0 Å². The molecule has 0 spiro atoms. The summed E-state index contributed by atoms with van der Waals surface area (Å²) in [6.07, 6.45) is 1.94. The Kier molecular flexibility index (Phi) is 3.13. The highest BCUT2D eigenvalue weighted by atomic mass is 16.2. The second kappa shape index (κ2) is 4.57. The van der Waals surface area contributed by atoms with Gasteiger partial charge in [0.1, 0.15) is 0 Å². The second-order valence-corrected chi connectivity index (χ2v) is 4.42. The number of carbonyl (C=O) groups is 2. The summed E-state index contributed by atoms with van der Waals surface area (Å²) in [7, 11) is 0. The summed E-state index contributed by atoms with van der Waals surface area (Å²) in [6.45, 7) is 0.322. The van der Waals surface area contributed by atoms with Crippen LogP contribution in [0.1, 0.15) is 24.8 Å². The number of nitrogens with one attached hydrogen (secondary N) is 1. The van der Waals surface area contributed by atoms with Crippen molar-refractivity contribution in [2.45, 2.75) is 24.7 Å². The molecule has 0 radical (unpaired) electrons. The van der Waals surface area contributed by atoms with E-state index < -0.39 is 5.91 Å². The Morgan fingerprint density at radius 2 is 1.88 bits per heavy atom. The molecule has 1 aliphatic carbocycles. The van der Waals surface area contributed by atoms with E-state index in [1.54, 1.807) is 0 Å². The lowest BCUT2D eigenvalue weighted by Gasteiger charge is -2.15. The maximum atomic E-state index is 12.0. The fourth-order valence-corrected chi connectivity index (χ4v) is 2.00. The van der Waals surface area contributed by atoms with Crippen LogP contribution in [0.5, 0.6) is 0 Å². The van der Waals surface area contributed by atoms with Gasteiger partial charge >= 0.3 is 0 Å². The summed E-state index contributed by atoms with van der Waals surface area (Å²) in [5.41, 5.74) is 5.71. The molecule has 4 heteroatoms. The van der Waals surface area contributed by atoms with Crippen molar-refractivity contribution in [3.05, 3.63) is 35.9 Å². The third-order valence-electron chi connectivity index (χ3n) is 3.17. The van der Waals surface area contributed by atoms with Crippen LogP contribution in [-0.2, 0) is 15.0 Å². The minimum atomic E-state index is -0.394. The number of amides is 2. The zero-order chi connectivity index (χ0) is 12.3. The van der Waals surface area contributed by atoms with Crippen LogP contribution in [0, 0.1) is 0 Å². The van der Waals surface area contributed by atoms with Gasteiger partial charge in [0.2, 0.25) is 11.8 Å². The number of benzene rings is 1. The molecule has 1 saturated carbocycles. The molecule has 1 aliphatic rings. The molecule has 0 bridgehead atoms. The molecule has 17 heavy (non-hydrogen) atoms. The van der Waals surface area contributed by atoms with Crippen LogP contribution in [0.4, 0.5) is 0 Å². The third kappa shape index (κ3) is 2.46. The third-order valence-corrected chi connectivity index (χ3v) is 3.17. The van der Waals surface area contributed by atoms with Crippen molar-refractivity contribution < 1.29 is 9.59 Å². The molecule has 2 rings (SSSR count). The Morgan fingerprint density at radius 1 is 1.24 bits per heavy atom. The van der Waals surface area contributed by atoms with Gasteiger partial charge < -0.3 is 11.1 Å². The number of rotatable bonds is 5. The lowest BCUT2D eigenvalue weighted by molar-refractivity contribution is -0.123. The van der Waals surface area contributed by atoms with Crippen molar-refractivity contribution in [2.75, 3.05) is 6.54 Å². The van der Waals surface area contributed by atoms with Crippen LogP contribution < -0.4 is 11.1 Å². The zero-order valence-corrected chi connectivity index (χ0v) is 9.61. The van der Waals surface area contributed by atoms with Gasteiger partial charge in [-0.2, -0.15) is 0 Å². The topological polar surface area (TPSA) is 72.2 Å². The van der Waals surface area contributed by atoms with Crippen LogP contribution in [0.3, 0.4) is 0 Å². The van der Waals surface area contributed by atoms with E-state index >= 15 is 0 Å². The van der Waals surface area contributed by atoms with Crippen molar-refractivity contribution >= 4 is 11.8 Å². The Hall–Kier alpha value is -1.84. The molecule has 3 N–H and O–H groups in total. The number of nitrogens with two attached hydrogens (primary N) is 1. The number of hydrogen-bond donors (Lipinski definition) is 2. The van der Waals surface area contributed by atoms with Gasteiger partial charge in [-0.3, -0.25) is 9.59 Å². The minimum Gasteiger partial charge on any atom is -0.370 e. The fourth-order valence-electron chi connectivity index (χ4n) is 2.00. The van der Waals surface area contributed by atoms with Crippen LogP contribution in [-0.4, -0.2) is 18.4 Å². The van der Waals surface area contributed by atoms with Gasteiger partial charge in [-0.15, -0.1) is 0 Å². The quantitative estimate of drug-likeness (QED) is 0.784. The molecule has 1 aromatic rings. The maximum Gasteiger partial charge on any atom is 0.230 e. The summed E-state index contributed by atoms with van der Waals surface area (Å²) in [5, 5.41) is 2.78. The van der Waals surface area contributed by atoms with E-state index in [2.05, 4.69) is 5.32 Å². The lowest BCUT2D eigenvalue weighted by atomic mass is 9.95. The first kappa shape index (κ1) is 11.6. The minimum absolute atomic E-state index is 0.00458. The van der Waals surface area contributed by atoms with E-state index in [1.165, 1.54) is 0 Å². The average molecular weight is 232 g/mol. The van der Waals surface area contributed by atoms with Gasteiger partial charge in [-0.05, 0) is 18.4 Å². The lowest BCUT2D eigenvalue weighted by Crippen LogP contribution is -2.36. The molecule has 0 saturated heterocycles. The van der Waals surface area contributed by atoms with Crippen LogP contribution >= 0.6 is 0 Å². The predicted octanol–water partition coefficient (Wildman–Crippen LogP) is 0.710. The summed E-state index contributed by atoms with van der Waals surface area (Å²) >= 11 is 0. The number of primary amides is 1. The van der Waals surface area contributed by atoms with Crippen molar-refractivity contribution in [1.82, 2.24) is 5.32 Å². The van der Waals surface area contributed by atoms with E-state index in [0.29, 0.717) is 6.54 Å². The predicted molar refractivity (Wildman–Crippen MR) is 64.2 cm³/mol. The summed E-state index contributed by atoms with van der Waals surface area (Å²) in [4.78, 5) is 22.6. The highest BCUT2D eigenvalue weighted by Crippen LogP contribution is 2.48. The fraction of sp³-hybridized carbons (Fsp3) is 0.385. The summed E-state index contributed by atoms with van der Waals surface area (Å²) in [6, 6.07) is 9.75. The number of hydrogen-bond acceptors (Lipinski definition) is 2. The molecular weight excluding hydrogens is 216 g/mol. The van der Waals surface area contributed by atoms with Crippen LogP contribution in [0.25, 0.3) is 0 Å². The first-order chi connectivity index (χ1) is 8.15. The second-order valence-electron chi connectivity index (χ2n) is 4.42. The van der Waals surface area contributed by atoms with Gasteiger partial charge in [0.15, 0.2) is 0 Å². The first-order valence-corrected chi connectivity index (χ1v) is 5.77. The molecule has 0 atom stereocenters. The van der Waals surface area contributed by atoms with Gasteiger partial charge in [0.25, 0.3) is 0 Å². The zero-order valence-electron chi connectivity index (χ0n) is 9.61. The molecule has 1 aromatic carbocycles. The average Bonchev–Trinajstić information content (AvgIpc) is 3.11.